The highest BCUT2D eigenvalue weighted by atomic mass is 32.2. The molecule has 0 atom stereocenters. The number of unbranched alkanes of at least 4 members (excludes halogenated alkanes) is 3. The highest BCUT2D eigenvalue weighted by molar-refractivity contribution is 8.18. The Morgan fingerprint density at radius 3 is 2.55 bits per heavy atom. The van der Waals surface area contributed by atoms with Gasteiger partial charge in [0.15, 0.2) is 0 Å². The van der Waals surface area contributed by atoms with E-state index in [1.54, 1.807) is 6.08 Å². The second-order valence-electron chi connectivity index (χ2n) is 8.02. The molecule has 3 heterocycles. The molecular formula is C24H28N2O3S2. The van der Waals surface area contributed by atoms with Crippen LogP contribution in [0.25, 0.3) is 5.57 Å². The minimum Gasteiger partial charge on any atom is -0.506 e. The second kappa shape index (κ2) is 10.0. The average Bonchev–Trinajstić information content (AvgIpc) is 3.49. The molecule has 1 saturated heterocycles. The molecule has 0 bridgehead atoms. The summed E-state index contributed by atoms with van der Waals surface area (Å²) >= 11 is 2.83. The summed E-state index contributed by atoms with van der Waals surface area (Å²) in [6, 6.07) is 3.84. The summed E-state index contributed by atoms with van der Waals surface area (Å²) in [6.45, 7) is 4.95. The highest BCUT2D eigenvalue weighted by Crippen LogP contribution is 2.42. The van der Waals surface area contributed by atoms with Gasteiger partial charge in [0.1, 0.15) is 5.76 Å². The minimum atomic E-state index is -0.628. The fourth-order valence-electron chi connectivity index (χ4n) is 4.05. The molecule has 5 nitrogen and oxygen atoms in total. The van der Waals surface area contributed by atoms with Gasteiger partial charge in [0.2, 0.25) is 11.6 Å². The molecule has 0 spiro atoms. The number of Topliss-reactive ketones (excluding diaryl/α,β-unsaturated/α-hetero) is 2. The molecule has 164 valence electrons. The number of thioether (sulfide) groups is 1. The maximum Gasteiger partial charge on any atom is 0.238 e. The Morgan fingerprint density at radius 1 is 1.00 bits per heavy atom. The lowest BCUT2D eigenvalue weighted by atomic mass is 10.1. The summed E-state index contributed by atoms with van der Waals surface area (Å²) in [6.07, 6.45) is 11.8. The van der Waals surface area contributed by atoms with E-state index in [0.29, 0.717) is 9.78 Å². The highest BCUT2D eigenvalue weighted by Gasteiger charge is 2.40. The average molecular weight is 457 g/mol. The third-order valence-electron chi connectivity index (χ3n) is 5.76. The first kappa shape index (κ1) is 22.1. The predicted molar refractivity (Wildman–Crippen MR) is 130 cm³/mol. The fraction of sp³-hybridized carbons (Fsp3) is 0.458. The zero-order valence-corrected chi connectivity index (χ0v) is 19.5. The van der Waals surface area contributed by atoms with Crippen LogP contribution in [-0.2, 0) is 9.59 Å². The Morgan fingerprint density at radius 2 is 1.77 bits per heavy atom. The van der Waals surface area contributed by atoms with Crippen LogP contribution in [0.5, 0.6) is 0 Å². The van der Waals surface area contributed by atoms with Crippen LogP contribution in [0.15, 0.2) is 45.5 Å². The van der Waals surface area contributed by atoms with Gasteiger partial charge in [-0.25, -0.2) is 0 Å². The lowest BCUT2D eigenvalue weighted by Gasteiger charge is -2.27. The van der Waals surface area contributed by atoms with Gasteiger partial charge in [0.25, 0.3) is 0 Å². The van der Waals surface area contributed by atoms with Gasteiger partial charge in [0, 0.05) is 29.4 Å². The molecule has 3 aliphatic rings. The van der Waals surface area contributed by atoms with Crippen molar-refractivity contribution in [2.75, 3.05) is 24.5 Å². The molecular weight excluding hydrogens is 428 g/mol. The summed E-state index contributed by atoms with van der Waals surface area (Å²) in [5.74, 6) is -1.44. The zero-order valence-electron chi connectivity index (χ0n) is 17.9. The van der Waals surface area contributed by atoms with Crippen molar-refractivity contribution in [1.82, 2.24) is 0 Å². The lowest BCUT2D eigenvalue weighted by Crippen LogP contribution is -2.28. The number of aliphatic hydroxyl groups is 1. The van der Waals surface area contributed by atoms with Crippen molar-refractivity contribution < 1.29 is 14.7 Å². The monoisotopic (exact) mass is 456 g/mol. The Balaban J connectivity index is 1.53. The third-order valence-corrected chi connectivity index (χ3v) is 7.96. The van der Waals surface area contributed by atoms with Crippen molar-refractivity contribution in [3.63, 3.8) is 0 Å². The summed E-state index contributed by atoms with van der Waals surface area (Å²) in [7, 11) is 0. The third kappa shape index (κ3) is 4.72. The molecule has 1 N–H and O–H groups in total. The Kier molecular flexibility index (Phi) is 7.13. The molecule has 0 aromatic carbocycles. The number of ketones is 2. The van der Waals surface area contributed by atoms with Gasteiger partial charge in [-0.1, -0.05) is 37.9 Å². The van der Waals surface area contributed by atoms with Crippen LogP contribution in [0.4, 0.5) is 5.00 Å². The number of aliphatic imine (C=N–C) groups is 1. The number of thiophene rings is 1. The normalized spacial score (nSPS) is 23.1. The largest absolute Gasteiger partial charge is 0.506 e. The quantitative estimate of drug-likeness (QED) is 0.324. The standard InChI is InChI=1S/C24H28N2O3S2/c1-2-3-4-6-13-25-18-11-9-16(30-18)20-22(27)21(24(29)23(20)28)17-10-12-19(31-17)26-14-7-5-8-15-26/h9-12,27H,2-8,13-15H2,1H3/b20-16-,25-18+. The van der Waals surface area contributed by atoms with Crippen LogP contribution in [0.1, 0.15) is 56.7 Å². The van der Waals surface area contributed by atoms with Crippen molar-refractivity contribution in [2.45, 2.75) is 51.9 Å². The van der Waals surface area contributed by atoms with Gasteiger partial charge < -0.3 is 10.0 Å². The first-order valence-electron chi connectivity index (χ1n) is 11.1. The van der Waals surface area contributed by atoms with Crippen molar-refractivity contribution in [2.24, 2.45) is 4.99 Å². The number of hydrogen-bond acceptors (Lipinski definition) is 7. The molecule has 0 unspecified atom stereocenters. The van der Waals surface area contributed by atoms with Gasteiger partial charge in [-0.05, 0) is 50.0 Å². The molecule has 1 aliphatic carbocycles. The number of nitrogens with zero attached hydrogens (tertiary/aromatic N) is 2. The van der Waals surface area contributed by atoms with Gasteiger partial charge in [0.05, 0.1) is 21.2 Å². The summed E-state index contributed by atoms with van der Waals surface area (Å²) < 4.78 is 0. The number of piperidine rings is 1. The molecule has 1 fully saturated rings. The Bertz CT molecular complexity index is 994. The van der Waals surface area contributed by atoms with Gasteiger partial charge >= 0.3 is 0 Å². The van der Waals surface area contributed by atoms with Crippen molar-refractivity contribution in [3.8, 4) is 0 Å². The number of allylic oxidation sites excluding steroid dienone is 3. The fourth-order valence-corrected chi connectivity index (χ4v) is 6.09. The van der Waals surface area contributed by atoms with Crippen LogP contribution in [0.3, 0.4) is 0 Å². The molecule has 0 radical (unpaired) electrons. The molecule has 0 amide bonds. The molecule has 1 aromatic heterocycles. The summed E-state index contributed by atoms with van der Waals surface area (Å²) in [5, 5.41) is 12.8. The molecule has 4 rings (SSSR count). The topological polar surface area (TPSA) is 70.0 Å². The van der Waals surface area contributed by atoms with Gasteiger partial charge in [-0.15, -0.1) is 11.3 Å². The second-order valence-corrected chi connectivity index (χ2v) is 10.1. The Hall–Kier alpha value is -2.12. The number of carbonyl (C=O) groups is 2. The van der Waals surface area contributed by atoms with E-state index in [2.05, 4.69) is 16.8 Å². The van der Waals surface area contributed by atoms with E-state index in [1.807, 2.05) is 18.2 Å². The van der Waals surface area contributed by atoms with Crippen LogP contribution in [0.2, 0.25) is 0 Å². The van der Waals surface area contributed by atoms with E-state index in [-0.39, 0.29) is 16.9 Å². The van der Waals surface area contributed by atoms with E-state index in [1.165, 1.54) is 55.2 Å². The molecule has 2 aliphatic heterocycles. The van der Waals surface area contributed by atoms with Crippen LogP contribution < -0.4 is 4.90 Å². The van der Waals surface area contributed by atoms with E-state index in [4.69, 9.17) is 0 Å². The van der Waals surface area contributed by atoms with E-state index < -0.39 is 11.6 Å². The maximum absolute atomic E-state index is 12.8. The molecule has 31 heavy (non-hydrogen) atoms. The predicted octanol–water partition coefficient (Wildman–Crippen LogP) is 5.70. The van der Waals surface area contributed by atoms with Gasteiger partial charge in [-0.2, -0.15) is 0 Å². The van der Waals surface area contributed by atoms with Crippen molar-refractivity contribution in [3.05, 3.63) is 45.4 Å². The van der Waals surface area contributed by atoms with Crippen molar-refractivity contribution >= 4 is 50.3 Å². The lowest BCUT2D eigenvalue weighted by molar-refractivity contribution is -0.130. The van der Waals surface area contributed by atoms with E-state index in [0.717, 1.165) is 42.5 Å². The number of aliphatic hydroxyl groups excluding tert-OH is 1. The number of rotatable bonds is 7. The first-order chi connectivity index (χ1) is 15.1. The zero-order chi connectivity index (χ0) is 21.8. The number of carbonyl (C=O) groups excluding carboxylic acids is 2. The smallest absolute Gasteiger partial charge is 0.238 e. The molecule has 7 heteroatoms. The van der Waals surface area contributed by atoms with Gasteiger partial charge in [-0.3, -0.25) is 14.6 Å². The minimum absolute atomic E-state index is 0.116. The maximum atomic E-state index is 12.8. The number of anilines is 1. The molecule has 0 saturated carbocycles. The first-order valence-corrected chi connectivity index (χ1v) is 12.8. The van der Waals surface area contributed by atoms with Crippen LogP contribution >= 0.6 is 23.1 Å². The van der Waals surface area contributed by atoms with E-state index in [9.17, 15) is 14.7 Å². The van der Waals surface area contributed by atoms with Crippen LogP contribution in [-0.4, -0.2) is 41.4 Å². The summed E-state index contributed by atoms with van der Waals surface area (Å²) in [4.78, 5) is 33.6. The molecule has 1 aromatic rings. The summed E-state index contributed by atoms with van der Waals surface area (Å²) in [5.41, 5.74) is 0.255. The Labute approximate surface area is 191 Å². The van der Waals surface area contributed by atoms with Crippen LogP contribution in [0, 0.1) is 0 Å². The van der Waals surface area contributed by atoms with E-state index >= 15 is 0 Å². The van der Waals surface area contributed by atoms with Crippen molar-refractivity contribution in [1.29, 1.82) is 0 Å². The SMILES string of the molecule is CCCCCC/N=C1C=C/C(=C2/C(=O)C(=O)C(c3ccc(N4CCCCC4)s3)=C2O)S\1. The number of hydrogen-bond donors (Lipinski definition) is 1.